The zero-order chi connectivity index (χ0) is 22.9. The molecule has 2 amide bonds. The van der Waals surface area contributed by atoms with Crippen LogP contribution < -0.4 is 25.4 Å². The Morgan fingerprint density at radius 1 is 1.24 bits per heavy atom. The third kappa shape index (κ3) is 4.19. The number of nitrogens with zero attached hydrogens (tertiary/aromatic N) is 3. The third-order valence-corrected chi connectivity index (χ3v) is 5.60. The van der Waals surface area contributed by atoms with E-state index in [1.807, 2.05) is 24.3 Å². The maximum absolute atomic E-state index is 12.0. The van der Waals surface area contributed by atoms with Gasteiger partial charge in [-0.1, -0.05) is 12.1 Å². The highest BCUT2D eigenvalue weighted by Gasteiger charge is 2.25. The van der Waals surface area contributed by atoms with Gasteiger partial charge in [-0.3, -0.25) is 14.9 Å². The monoisotopic (exact) mass is 448 g/mol. The second-order valence-corrected chi connectivity index (χ2v) is 8.01. The minimum absolute atomic E-state index is 0.0525. The lowest BCUT2D eigenvalue weighted by molar-refractivity contribution is -0.124. The van der Waals surface area contributed by atoms with Crippen LogP contribution in [-0.2, 0) is 16.1 Å². The summed E-state index contributed by atoms with van der Waals surface area (Å²) in [5.41, 5.74) is 2.57. The van der Waals surface area contributed by atoms with Crippen molar-refractivity contribution in [3.63, 3.8) is 0 Å². The lowest BCUT2D eigenvalue weighted by Gasteiger charge is -2.14. The molecule has 0 unspecified atom stereocenters. The topological polar surface area (TPSA) is 119 Å². The molecule has 1 saturated heterocycles. The van der Waals surface area contributed by atoms with Gasteiger partial charge >= 0.3 is 0 Å². The van der Waals surface area contributed by atoms with Gasteiger partial charge in [-0.15, -0.1) is 0 Å². The fraction of sp³-hybridized carbons (Fsp3) is 0.304. The second-order valence-electron chi connectivity index (χ2n) is 8.01. The van der Waals surface area contributed by atoms with Crippen LogP contribution in [0.2, 0.25) is 0 Å². The number of ether oxygens (including phenoxy) is 2. The number of rotatable bonds is 8. The summed E-state index contributed by atoms with van der Waals surface area (Å²) in [6, 6.07) is 8.03. The molecular weight excluding hydrogens is 424 g/mol. The number of amides is 2. The standard InChI is InChI=1S/C23H24N6O4/c1-32-17-5-3-4-13(21(17)33-2)11-24-18-10-19(26-16-6-7-16)29-22(27-18)15(12-25-29)8-14-9-20(30)28-23(14)31/h3-5,8,10,12,16,26H,6-7,9,11H2,1-2H3,(H,24,27)(H,28,30,31)/b14-8+. The Hall–Kier alpha value is -4.08. The van der Waals surface area contributed by atoms with Crippen molar-refractivity contribution in [3.8, 4) is 11.5 Å². The highest BCUT2D eigenvalue weighted by Crippen LogP contribution is 2.32. The smallest absolute Gasteiger partial charge is 0.254 e. The largest absolute Gasteiger partial charge is 0.493 e. The number of benzene rings is 1. The molecule has 3 N–H and O–H groups in total. The summed E-state index contributed by atoms with van der Waals surface area (Å²) in [7, 11) is 3.22. The van der Waals surface area contributed by atoms with Crippen LogP contribution in [0.25, 0.3) is 11.7 Å². The fourth-order valence-corrected chi connectivity index (χ4v) is 3.80. The highest BCUT2D eigenvalue weighted by atomic mass is 16.5. The number of aromatic nitrogens is 3. The molecular formula is C23H24N6O4. The minimum Gasteiger partial charge on any atom is -0.493 e. The average Bonchev–Trinajstić information content (AvgIpc) is 3.45. The molecule has 1 aliphatic heterocycles. The first-order valence-corrected chi connectivity index (χ1v) is 10.7. The summed E-state index contributed by atoms with van der Waals surface area (Å²) in [6.07, 6.45) is 5.59. The van der Waals surface area contributed by atoms with E-state index in [2.05, 4.69) is 21.0 Å². The van der Waals surface area contributed by atoms with Crippen LogP contribution in [0.1, 0.15) is 30.4 Å². The Labute approximate surface area is 190 Å². The Kier molecular flexibility index (Phi) is 5.33. The van der Waals surface area contributed by atoms with E-state index < -0.39 is 0 Å². The number of carbonyl (C=O) groups excluding carboxylic acids is 2. The van der Waals surface area contributed by atoms with Gasteiger partial charge in [-0.2, -0.15) is 9.61 Å². The Morgan fingerprint density at radius 2 is 2.09 bits per heavy atom. The molecule has 1 aromatic carbocycles. The van der Waals surface area contributed by atoms with Gasteiger partial charge in [0.25, 0.3) is 5.91 Å². The van der Waals surface area contributed by atoms with Crippen LogP contribution in [0.4, 0.5) is 11.6 Å². The van der Waals surface area contributed by atoms with Gasteiger partial charge < -0.3 is 20.1 Å². The number of anilines is 2. The third-order valence-electron chi connectivity index (χ3n) is 5.60. The molecule has 3 heterocycles. The quantitative estimate of drug-likeness (QED) is 0.355. The summed E-state index contributed by atoms with van der Waals surface area (Å²) < 4.78 is 12.6. The van der Waals surface area contributed by atoms with Gasteiger partial charge in [-0.05, 0) is 25.0 Å². The molecule has 0 atom stereocenters. The number of carbonyl (C=O) groups is 2. The molecule has 0 bridgehead atoms. The number of hydrogen-bond donors (Lipinski definition) is 3. The van der Waals surface area contributed by atoms with Crippen LogP contribution in [0.5, 0.6) is 11.5 Å². The van der Waals surface area contributed by atoms with Crippen LogP contribution in [0, 0.1) is 0 Å². The van der Waals surface area contributed by atoms with E-state index in [0.29, 0.717) is 46.7 Å². The lowest BCUT2D eigenvalue weighted by Crippen LogP contribution is -2.19. The Balaban J connectivity index is 1.49. The highest BCUT2D eigenvalue weighted by molar-refractivity contribution is 6.15. The number of fused-ring (bicyclic) bond motifs is 1. The van der Waals surface area contributed by atoms with Gasteiger partial charge in [0.15, 0.2) is 17.1 Å². The average molecular weight is 448 g/mol. The van der Waals surface area contributed by atoms with Crippen molar-refractivity contribution < 1.29 is 19.1 Å². The predicted octanol–water partition coefficient (Wildman–Crippen LogP) is 2.36. The van der Waals surface area contributed by atoms with E-state index in [1.165, 1.54) is 0 Å². The van der Waals surface area contributed by atoms with Crippen LogP contribution in [-0.4, -0.2) is 46.7 Å². The molecule has 2 fully saturated rings. The van der Waals surface area contributed by atoms with Crippen molar-refractivity contribution in [3.05, 3.63) is 47.2 Å². The first kappa shape index (κ1) is 20.8. The van der Waals surface area contributed by atoms with Gasteiger partial charge in [0.1, 0.15) is 11.6 Å². The zero-order valence-corrected chi connectivity index (χ0v) is 18.3. The molecule has 10 heteroatoms. The predicted molar refractivity (Wildman–Crippen MR) is 122 cm³/mol. The van der Waals surface area contributed by atoms with Crippen molar-refractivity contribution in [1.82, 2.24) is 19.9 Å². The van der Waals surface area contributed by atoms with Crippen LogP contribution >= 0.6 is 0 Å². The number of imide groups is 1. The SMILES string of the molecule is COc1cccc(CNc2cc(NC3CC3)n3ncc(/C=C4\CC(=O)NC4=O)c3n2)c1OC. The van der Waals surface area contributed by atoms with Crippen molar-refractivity contribution >= 4 is 35.2 Å². The normalized spacial score (nSPS) is 16.8. The number of methoxy groups -OCH3 is 2. The Morgan fingerprint density at radius 3 is 2.79 bits per heavy atom. The van der Waals surface area contributed by atoms with Gasteiger partial charge in [0, 0.05) is 35.4 Å². The molecule has 33 heavy (non-hydrogen) atoms. The zero-order valence-electron chi connectivity index (χ0n) is 18.3. The second kappa shape index (κ2) is 8.45. The van der Waals surface area contributed by atoms with Crippen molar-refractivity contribution in [1.29, 1.82) is 0 Å². The molecule has 10 nitrogen and oxygen atoms in total. The molecule has 170 valence electrons. The van der Waals surface area contributed by atoms with Gasteiger partial charge in [0.05, 0.1) is 26.8 Å². The summed E-state index contributed by atoms with van der Waals surface area (Å²) in [5.74, 6) is 2.08. The van der Waals surface area contributed by atoms with Gasteiger partial charge in [-0.25, -0.2) is 4.98 Å². The molecule has 2 aromatic heterocycles. The van der Waals surface area contributed by atoms with E-state index in [0.717, 1.165) is 24.2 Å². The molecule has 0 radical (unpaired) electrons. The van der Waals surface area contributed by atoms with E-state index >= 15 is 0 Å². The summed E-state index contributed by atoms with van der Waals surface area (Å²) in [6.45, 7) is 0.466. The van der Waals surface area contributed by atoms with E-state index in [9.17, 15) is 9.59 Å². The fourth-order valence-electron chi connectivity index (χ4n) is 3.80. The molecule has 0 spiro atoms. The first-order valence-electron chi connectivity index (χ1n) is 10.7. The van der Waals surface area contributed by atoms with Crippen LogP contribution in [0.15, 0.2) is 36.0 Å². The number of hydrogen-bond acceptors (Lipinski definition) is 8. The first-order chi connectivity index (χ1) is 16.1. The summed E-state index contributed by atoms with van der Waals surface area (Å²) in [4.78, 5) is 28.3. The van der Waals surface area contributed by atoms with Crippen LogP contribution in [0.3, 0.4) is 0 Å². The molecule has 3 aromatic rings. The van der Waals surface area contributed by atoms with Gasteiger partial charge in [0.2, 0.25) is 5.91 Å². The van der Waals surface area contributed by atoms with Crippen molar-refractivity contribution in [2.45, 2.75) is 31.8 Å². The number of para-hydroxylation sites is 1. The van der Waals surface area contributed by atoms with E-state index in [4.69, 9.17) is 14.5 Å². The summed E-state index contributed by atoms with van der Waals surface area (Å²) >= 11 is 0. The molecule has 5 rings (SSSR count). The lowest BCUT2D eigenvalue weighted by atomic mass is 10.1. The summed E-state index contributed by atoms with van der Waals surface area (Å²) in [5, 5.41) is 13.6. The van der Waals surface area contributed by atoms with E-state index in [1.54, 1.807) is 31.0 Å². The maximum Gasteiger partial charge on any atom is 0.254 e. The molecule has 2 aliphatic rings. The van der Waals surface area contributed by atoms with Crippen molar-refractivity contribution in [2.24, 2.45) is 0 Å². The van der Waals surface area contributed by atoms with Crippen molar-refractivity contribution in [2.75, 3.05) is 24.9 Å². The van der Waals surface area contributed by atoms with E-state index in [-0.39, 0.29) is 18.2 Å². The number of nitrogens with one attached hydrogen (secondary N) is 3. The molecule has 1 aliphatic carbocycles. The molecule has 1 saturated carbocycles. The maximum atomic E-state index is 12.0. The minimum atomic E-state index is -0.380. The Bertz CT molecular complexity index is 1280.